The summed E-state index contributed by atoms with van der Waals surface area (Å²) < 4.78 is 6.55. The lowest BCUT2D eigenvalue weighted by Gasteiger charge is -2.17. The Morgan fingerprint density at radius 1 is 1.45 bits per heavy atom. The molecule has 1 aromatic rings. The van der Waals surface area contributed by atoms with Gasteiger partial charge < -0.3 is 20.7 Å². The van der Waals surface area contributed by atoms with Crippen molar-refractivity contribution in [2.75, 3.05) is 5.73 Å². The van der Waals surface area contributed by atoms with E-state index in [9.17, 15) is 15.0 Å². The van der Waals surface area contributed by atoms with Crippen LogP contribution >= 0.6 is 0 Å². The topological polar surface area (TPSA) is 111 Å². The number of hydrogen-bond donors (Lipinski definition) is 3. The molecule has 4 atom stereocenters. The summed E-state index contributed by atoms with van der Waals surface area (Å²) in [7, 11) is 0. The van der Waals surface area contributed by atoms with Gasteiger partial charge in [-0.3, -0.25) is 4.57 Å². The highest BCUT2D eigenvalue weighted by molar-refractivity contribution is 5.48. The van der Waals surface area contributed by atoms with Gasteiger partial charge in [0.2, 0.25) is 0 Å². The fourth-order valence-corrected chi connectivity index (χ4v) is 2.24. The summed E-state index contributed by atoms with van der Waals surface area (Å²) in [6.07, 6.45) is 0.321. The van der Waals surface area contributed by atoms with Crippen molar-refractivity contribution in [2.45, 2.75) is 57.6 Å². The zero-order chi connectivity index (χ0) is 16.3. The number of rotatable bonds is 3. The Hall–Kier alpha value is -1.88. The van der Waals surface area contributed by atoms with Crippen molar-refractivity contribution in [3.05, 3.63) is 22.2 Å². The zero-order valence-corrected chi connectivity index (χ0v) is 12.7. The first kappa shape index (κ1) is 16.5. The SMILES string of the molecule is CCCCC#Cc1cn([C@@H]2O[C@H](C)C(O)C2O)c(=O)nc1N. The molecule has 0 aromatic carbocycles. The Bertz CT molecular complexity index is 646. The van der Waals surface area contributed by atoms with Crippen LogP contribution in [-0.4, -0.2) is 38.1 Å². The number of nitrogens with two attached hydrogens (primary N) is 1. The standard InChI is InChI=1S/C15H21N3O4/c1-3-4-5-6-7-10-8-18(15(21)17-13(10)16)14-12(20)11(19)9(2)22-14/h8-9,11-12,14,19-20H,3-5H2,1-2H3,(H2,16,17,21)/t9-,11?,12?,14-/m1/s1. The summed E-state index contributed by atoms with van der Waals surface area (Å²) in [5.41, 5.74) is 5.47. The second-order valence-corrected chi connectivity index (χ2v) is 5.35. The predicted molar refractivity (Wildman–Crippen MR) is 80.9 cm³/mol. The molecule has 0 amide bonds. The molecule has 2 unspecified atom stereocenters. The third-order valence-corrected chi connectivity index (χ3v) is 3.61. The molecule has 0 saturated carbocycles. The Kier molecular flexibility index (Phi) is 5.19. The van der Waals surface area contributed by atoms with Crippen LogP contribution in [0, 0.1) is 11.8 Å². The molecule has 0 radical (unpaired) electrons. The number of hydrogen-bond acceptors (Lipinski definition) is 6. The predicted octanol–water partition coefficient (Wildman–Crippen LogP) is 0.00630. The summed E-state index contributed by atoms with van der Waals surface area (Å²) in [5.74, 6) is 5.90. The number of unbranched alkanes of at least 4 members (excludes halogenated alkanes) is 2. The van der Waals surface area contributed by atoms with Crippen molar-refractivity contribution < 1.29 is 14.9 Å². The molecule has 7 heteroatoms. The van der Waals surface area contributed by atoms with E-state index in [4.69, 9.17) is 10.5 Å². The quantitative estimate of drug-likeness (QED) is 0.536. The molecule has 1 aromatic heterocycles. The van der Waals surface area contributed by atoms with Crippen LogP contribution in [0.1, 0.15) is 44.9 Å². The van der Waals surface area contributed by atoms with E-state index in [1.54, 1.807) is 6.92 Å². The van der Waals surface area contributed by atoms with Crippen LogP contribution in [0.4, 0.5) is 5.82 Å². The number of aromatic nitrogens is 2. The number of ether oxygens (including phenoxy) is 1. The number of aliphatic hydroxyl groups excluding tert-OH is 2. The molecule has 4 N–H and O–H groups in total. The summed E-state index contributed by atoms with van der Waals surface area (Å²) in [6.45, 7) is 3.69. The van der Waals surface area contributed by atoms with Gasteiger partial charge in [0, 0.05) is 12.6 Å². The molecule has 0 spiro atoms. The molecule has 1 saturated heterocycles. The monoisotopic (exact) mass is 307 g/mol. The highest BCUT2D eigenvalue weighted by atomic mass is 16.6. The summed E-state index contributed by atoms with van der Waals surface area (Å²) in [6, 6.07) is 0. The third-order valence-electron chi connectivity index (χ3n) is 3.61. The molecule has 0 aliphatic carbocycles. The van der Waals surface area contributed by atoms with Crippen molar-refractivity contribution >= 4 is 5.82 Å². The highest BCUT2D eigenvalue weighted by Gasteiger charge is 2.41. The van der Waals surface area contributed by atoms with Crippen molar-refractivity contribution in [3.8, 4) is 11.8 Å². The van der Waals surface area contributed by atoms with Gasteiger partial charge in [-0.2, -0.15) is 4.98 Å². The normalized spacial score (nSPS) is 27.5. The Morgan fingerprint density at radius 3 is 2.77 bits per heavy atom. The first-order chi connectivity index (χ1) is 10.5. The first-order valence-electron chi connectivity index (χ1n) is 7.34. The van der Waals surface area contributed by atoms with Crippen LogP contribution in [0.5, 0.6) is 0 Å². The van der Waals surface area contributed by atoms with Crippen LogP contribution in [0.3, 0.4) is 0 Å². The zero-order valence-electron chi connectivity index (χ0n) is 12.7. The van der Waals surface area contributed by atoms with Crippen LogP contribution in [-0.2, 0) is 4.74 Å². The molecule has 2 rings (SSSR count). The van der Waals surface area contributed by atoms with E-state index in [0.717, 1.165) is 23.8 Å². The van der Waals surface area contributed by atoms with Crippen LogP contribution in [0.15, 0.2) is 11.0 Å². The number of aliphatic hydroxyl groups is 2. The molecule has 2 heterocycles. The van der Waals surface area contributed by atoms with Gasteiger partial charge >= 0.3 is 5.69 Å². The van der Waals surface area contributed by atoms with Crippen molar-refractivity contribution in [3.63, 3.8) is 0 Å². The van der Waals surface area contributed by atoms with E-state index in [1.807, 2.05) is 0 Å². The number of nitrogens with zero attached hydrogens (tertiary/aromatic N) is 2. The van der Waals surface area contributed by atoms with Crippen LogP contribution < -0.4 is 11.4 Å². The maximum Gasteiger partial charge on any atom is 0.351 e. The van der Waals surface area contributed by atoms with E-state index in [0.29, 0.717) is 5.56 Å². The average molecular weight is 307 g/mol. The van der Waals surface area contributed by atoms with Gasteiger partial charge in [0.05, 0.1) is 11.7 Å². The fourth-order valence-electron chi connectivity index (χ4n) is 2.24. The Balaban J connectivity index is 2.32. The number of nitrogen functional groups attached to an aromatic ring is 1. The third kappa shape index (κ3) is 3.30. The summed E-state index contributed by atoms with van der Waals surface area (Å²) >= 11 is 0. The van der Waals surface area contributed by atoms with Gasteiger partial charge in [-0.1, -0.05) is 25.2 Å². The van der Waals surface area contributed by atoms with Crippen molar-refractivity contribution in [1.82, 2.24) is 9.55 Å². The molecule has 120 valence electrons. The van der Waals surface area contributed by atoms with Gasteiger partial charge in [0.15, 0.2) is 6.23 Å². The molecule has 0 bridgehead atoms. The van der Waals surface area contributed by atoms with E-state index in [1.165, 1.54) is 6.20 Å². The van der Waals surface area contributed by atoms with E-state index in [2.05, 4.69) is 23.7 Å². The van der Waals surface area contributed by atoms with E-state index >= 15 is 0 Å². The summed E-state index contributed by atoms with van der Waals surface area (Å²) in [4.78, 5) is 15.7. The van der Waals surface area contributed by atoms with Gasteiger partial charge in [-0.25, -0.2) is 4.79 Å². The molecular formula is C15H21N3O4. The van der Waals surface area contributed by atoms with Gasteiger partial charge in [-0.15, -0.1) is 0 Å². The molecule has 1 fully saturated rings. The van der Waals surface area contributed by atoms with Gasteiger partial charge in [-0.05, 0) is 13.3 Å². The Labute approximate surface area is 128 Å². The lowest BCUT2D eigenvalue weighted by molar-refractivity contribution is -0.0350. The van der Waals surface area contributed by atoms with E-state index < -0.39 is 30.2 Å². The highest BCUT2D eigenvalue weighted by Crippen LogP contribution is 2.28. The minimum Gasteiger partial charge on any atom is -0.388 e. The van der Waals surface area contributed by atoms with Gasteiger partial charge in [0.1, 0.15) is 18.0 Å². The second kappa shape index (κ2) is 6.92. The average Bonchev–Trinajstić information content (AvgIpc) is 2.73. The molecule has 7 nitrogen and oxygen atoms in total. The fraction of sp³-hybridized carbons (Fsp3) is 0.600. The molecular weight excluding hydrogens is 286 g/mol. The number of anilines is 1. The first-order valence-corrected chi connectivity index (χ1v) is 7.34. The maximum absolute atomic E-state index is 12.0. The summed E-state index contributed by atoms with van der Waals surface area (Å²) in [5, 5.41) is 19.7. The lowest BCUT2D eigenvalue weighted by Crippen LogP contribution is -2.35. The van der Waals surface area contributed by atoms with Crippen LogP contribution in [0.2, 0.25) is 0 Å². The maximum atomic E-state index is 12.0. The van der Waals surface area contributed by atoms with Gasteiger partial charge in [0.25, 0.3) is 0 Å². The second-order valence-electron chi connectivity index (χ2n) is 5.35. The van der Waals surface area contributed by atoms with Crippen molar-refractivity contribution in [2.24, 2.45) is 0 Å². The van der Waals surface area contributed by atoms with Crippen molar-refractivity contribution in [1.29, 1.82) is 0 Å². The molecule has 1 aliphatic heterocycles. The minimum atomic E-state index is -1.21. The van der Waals surface area contributed by atoms with E-state index in [-0.39, 0.29) is 5.82 Å². The molecule has 22 heavy (non-hydrogen) atoms. The molecule has 1 aliphatic rings. The lowest BCUT2D eigenvalue weighted by atomic mass is 10.1. The largest absolute Gasteiger partial charge is 0.388 e. The van der Waals surface area contributed by atoms with Crippen LogP contribution in [0.25, 0.3) is 0 Å². The smallest absolute Gasteiger partial charge is 0.351 e. The Morgan fingerprint density at radius 2 is 2.18 bits per heavy atom. The minimum absolute atomic E-state index is 0.0475.